The molecule has 3 aromatic rings. The van der Waals surface area contributed by atoms with Crippen LogP contribution < -0.4 is 10.6 Å². The van der Waals surface area contributed by atoms with Crippen LogP contribution in [0.5, 0.6) is 0 Å². The number of fused-ring (bicyclic) bond motifs is 1. The van der Waals surface area contributed by atoms with Crippen molar-refractivity contribution in [3.05, 3.63) is 95.1 Å². The van der Waals surface area contributed by atoms with Crippen LogP contribution in [0.2, 0.25) is 0 Å². The number of aromatic nitrogens is 2. The zero-order valence-electron chi connectivity index (χ0n) is 19.6. The second kappa shape index (κ2) is 10.9. The first-order valence-corrected chi connectivity index (χ1v) is 12.4. The van der Waals surface area contributed by atoms with Crippen molar-refractivity contribution in [1.29, 1.82) is 0 Å². The summed E-state index contributed by atoms with van der Waals surface area (Å²) < 4.78 is 0. The van der Waals surface area contributed by atoms with E-state index >= 15 is 0 Å². The van der Waals surface area contributed by atoms with Gasteiger partial charge in [-0.15, -0.1) is 0 Å². The fourth-order valence-electron chi connectivity index (χ4n) is 5.16. The third kappa shape index (κ3) is 5.51. The first kappa shape index (κ1) is 22.7. The van der Waals surface area contributed by atoms with Crippen LogP contribution in [-0.4, -0.2) is 33.4 Å². The molecule has 6 nitrogen and oxygen atoms in total. The summed E-state index contributed by atoms with van der Waals surface area (Å²) >= 11 is 0. The number of amides is 1. The fraction of sp³-hybridized carbons (Fsp3) is 0.393. The van der Waals surface area contributed by atoms with Gasteiger partial charge < -0.3 is 10.6 Å². The van der Waals surface area contributed by atoms with Crippen molar-refractivity contribution >= 4 is 5.91 Å². The molecule has 0 radical (unpaired) electrons. The Balaban J connectivity index is 1.14. The Morgan fingerprint density at radius 1 is 0.912 bits per heavy atom. The van der Waals surface area contributed by atoms with Gasteiger partial charge in [0.25, 0.3) is 0 Å². The van der Waals surface area contributed by atoms with Crippen LogP contribution in [0, 0.1) is 0 Å². The molecule has 1 amide bonds. The summed E-state index contributed by atoms with van der Waals surface area (Å²) in [5.74, 6) is 0.149. The van der Waals surface area contributed by atoms with Crippen LogP contribution in [0.4, 0.5) is 0 Å². The van der Waals surface area contributed by atoms with Gasteiger partial charge in [0.1, 0.15) is 0 Å². The fourth-order valence-corrected chi connectivity index (χ4v) is 5.16. The van der Waals surface area contributed by atoms with Crippen LogP contribution in [0.1, 0.15) is 59.8 Å². The number of aryl methyl sites for hydroxylation is 1. The summed E-state index contributed by atoms with van der Waals surface area (Å²) in [4.78, 5) is 24.5. The van der Waals surface area contributed by atoms with Crippen LogP contribution in [-0.2, 0) is 30.8 Å². The predicted molar refractivity (Wildman–Crippen MR) is 133 cm³/mol. The summed E-state index contributed by atoms with van der Waals surface area (Å²) in [6.45, 7) is 3.33. The minimum absolute atomic E-state index is 0.0396. The number of hydrogen-bond donors (Lipinski definition) is 2. The molecule has 2 N–H and O–H groups in total. The molecule has 1 fully saturated rings. The lowest BCUT2D eigenvalue weighted by Gasteiger charge is -2.29. The van der Waals surface area contributed by atoms with E-state index in [0.29, 0.717) is 0 Å². The molecular weight excluding hydrogens is 422 g/mol. The number of carbonyl (C=O) groups is 1. The van der Waals surface area contributed by atoms with Crippen molar-refractivity contribution in [1.82, 2.24) is 25.5 Å². The maximum Gasteiger partial charge on any atom is 0.237 e. The van der Waals surface area contributed by atoms with Crippen molar-refractivity contribution in [3.63, 3.8) is 0 Å². The van der Waals surface area contributed by atoms with Gasteiger partial charge in [0.05, 0.1) is 23.5 Å². The first-order chi connectivity index (χ1) is 16.8. The molecule has 2 aromatic heterocycles. The highest BCUT2D eigenvalue weighted by atomic mass is 16.2. The average molecular weight is 456 g/mol. The minimum Gasteiger partial charge on any atom is -0.346 e. The van der Waals surface area contributed by atoms with Gasteiger partial charge in [-0.1, -0.05) is 36.4 Å². The number of hydrogen-bond acceptors (Lipinski definition) is 5. The summed E-state index contributed by atoms with van der Waals surface area (Å²) in [6, 6.07) is 18.8. The van der Waals surface area contributed by atoms with Crippen LogP contribution in [0.25, 0.3) is 0 Å². The van der Waals surface area contributed by atoms with Crippen molar-refractivity contribution in [2.45, 2.75) is 63.8 Å². The van der Waals surface area contributed by atoms with E-state index in [9.17, 15) is 4.79 Å². The molecule has 1 saturated heterocycles. The van der Waals surface area contributed by atoms with Crippen molar-refractivity contribution in [2.75, 3.05) is 6.54 Å². The summed E-state index contributed by atoms with van der Waals surface area (Å²) in [7, 11) is 0. The Labute approximate surface area is 201 Å². The smallest absolute Gasteiger partial charge is 0.237 e. The van der Waals surface area contributed by atoms with Crippen LogP contribution >= 0.6 is 0 Å². The molecule has 1 unspecified atom stereocenters. The lowest BCUT2D eigenvalue weighted by atomic mass is 9.91. The van der Waals surface area contributed by atoms with Gasteiger partial charge in [-0.05, 0) is 73.5 Å². The second-order valence-corrected chi connectivity index (χ2v) is 9.37. The normalized spacial score (nSPS) is 20.1. The third-order valence-corrected chi connectivity index (χ3v) is 6.95. The zero-order chi connectivity index (χ0) is 23.2. The Kier molecular flexibility index (Phi) is 7.27. The molecule has 1 aliphatic heterocycles. The van der Waals surface area contributed by atoms with E-state index in [4.69, 9.17) is 0 Å². The van der Waals surface area contributed by atoms with Crippen LogP contribution in [0.3, 0.4) is 0 Å². The highest BCUT2D eigenvalue weighted by Gasteiger charge is 2.33. The lowest BCUT2D eigenvalue weighted by molar-refractivity contribution is -0.126. The number of rotatable bonds is 8. The van der Waals surface area contributed by atoms with Crippen molar-refractivity contribution in [2.24, 2.45) is 0 Å². The summed E-state index contributed by atoms with van der Waals surface area (Å²) in [5, 5.41) is 6.77. The number of pyridine rings is 2. The molecule has 1 aliphatic carbocycles. The SMILES string of the molecule is O=C(NC1CCCc2cccnc21)[C@@H]1CCCN1Cc1ccc(CNCc2ccccn2)cc1. The number of carbonyl (C=O) groups excluding carboxylic acids is 1. The van der Waals surface area contributed by atoms with Crippen molar-refractivity contribution < 1.29 is 4.79 Å². The zero-order valence-corrected chi connectivity index (χ0v) is 19.6. The Bertz CT molecular complexity index is 1090. The van der Waals surface area contributed by atoms with Gasteiger partial charge in [-0.3, -0.25) is 19.7 Å². The third-order valence-electron chi connectivity index (χ3n) is 6.95. The van der Waals surface area contributed by atoms with Gasteiger partial charge in [0.2, 0.25) is 5.91 Å². The molecule has 1 aromatic carbocycles. The molecule has 0 saturated carbocycles. The number of nitrogens with one attached hydrogen (secondary N) is 2. The van der Waals surface area contributed by atoms with Gasteiger partial charge in [-0.25, -0.2) is 0 Å². The molecule has 2 aliphatic rings. The van der Waals surface area contributed by atoms with E-state index in [1.807, 2.05) is 36.7 Å². The van der Waals surface area contributed by atoms with Crippen LogP contribution in [0.15, 0.2) is 67.0 Å². The van der Waals surface area contributed by atoms with Crippen molar-refractivity contribution in [3.8, 4) is 0 Å². The highest BCUT2D eigenvalue weighted by Crippen LogP contribution is 2.29. The maximum absolute atomic E-state index is 13.2. The van der Waals surface area contributed by atoms with Gasteiger partial charge in [0, 0.05) is 32.0 Å². The average Bonchev–Trinajstić information content (AvgIpc) is 3.34. The van der Waals surface area contributed by atoms with Gasteiger partial charge in [-0.2, -0.15) is 0 Å². The molecule has 2 atom stereocenters. The number of nitrogens with zero attached hydrogens (tertiary/aromatic N) is 3. The van der Waals surface area contributed by atoms with E-state index in [-0.39, 0.29) is 18.0 Å². The maximum atomic E-state index is 13.2. The topological polar surface area (TPSA) is 70.2 Å². The van der Waals surface area contributed by atoms with E-state index < -0.39 is 0 Å². The Morgan fingerprint density at radius 2 is 1.76 bits per heavy atom. The highest BCUT2D eigenvalue weighted by molar-refractivity contribution is 5.82. The molecule has 0 bridgehead atoms. The monoisotopic (exact) mass is 455 g/mol. The van der Waals surface area contributed by atoms with E-state index in [1.165, 1.54) is 16.7 Å². The van der Waals surface area contributed by atoms with E-state index in [2.05, 4.69) is 55.8 Å². The largest absolute Gasteiger partial charge is 0.346 e. The quantitative estimate of drug-likeness (QED) is 0.539. The van der Waals surface area contributed by atoms with E-state index in [0.717, 1.165) is 69.7 Å². The molecule has 176 valence electrons. The Morgan fingerprint density at radius 3 is 2.62 bits per heavy atom. The first-order valence-electron chi connectivity index (χ1n) is 12.4. The molecule has 34 heavy (non-hydrogen) atoms. The predicted octanol–water partition coefficient (Wildman–Crippen LogP) is 3.92. The number of benzene rings is 1. The van der Waals surface area contributed by atoms with Gasteiger partial charge >= 0.3 is 0 Å². The molecular formula is C28H33N5O. The molecule has 6 heteroatoms. The second-order valence-electron chi connectivity index (χ2n) is 9.37. The number of likely N-dealkylation sites (tertiary alicyclic amines) is 1. The Hall–Kier alpha value is -3.09. The summed E-state index contributed by atoms with van der Waals surface area (Å²) in [6.07, 6.45) is 8.76. The molecule has 3 heterocycles. The molecule has 5 rings (SSSR count). The minimum atomic E-state index is -0.0613. The standard InChI is InChI=1S/C28H33N5O/c34-28(32-25-9-3-6-23-7-4-16-31-27(23)25)26-10-5-17-33(26)20-22-13-11-21(12-14-22)18-29-19-24-8-1-2-15-30-24/h1-2,4,7-8,11-16,25-26,29H,3,5-6,9-10,17-20H2,(H,32,34)/t25?,26-/m0/s1. The molecule has 0 spiro atoms. The van der Waals surface area contributed by atoms with Gasteiger partial charge in [0.15, 0.2) is 0 Å². The summed E-state index contributed by atoms with van der Waals surface area (Å²) in [5.41, 5.74) is 5.87. The lowest BCUT2D eigenvalue weighted by Crippen LogP contribution is -2.44. The van der Waals surface area contributed by atoms with E-state index in [1.54, 1.807) is 0 Å².